The van der Waals surface area contributed by atoms with Crippen molar-refractivity contribution in [1.29, 1.82) is 0 Å². The van der Waals surface area contributed by atoms with Gasteiger partial charge in [-0.2, -0.15) is 0 Å². The lowest BCUT2D eigenvalue weighted by Crippen LogP contribution is -2.54. The maximum Gasteiger partial charge on any atom is 0.345 e. The van der Waals surface area contributed by atoms with Gasteiger partial charge in [0.15, 0.2) is 0 Å². The van der Waals surface area contributed by atoms with Crippen molar-refractivity contribution in [2.24, 2.45) is 0 Å². The summed E-state index contributed by atoms with van der Waals surface area (Å²) in [5.41, 5.74) is -4.88. The van der Waals surface area contributed by atoms with Gasteiger partial charge in [-0.25, -0.2) is 9.59 Å². The molecule has 0 aromatic carbocycles. The van der Waals surface area contributed by atoms with Gasteiger partial charge in [0.25, 0.3) is 5.56 Å². The average Bonchev–Trinajstić information content (AvgIpc) is 2.79. The lowest BCUT2D eigenvalue weighted by molar-refractivity contribution is -0.174. The van der Waals surface area contributed by atoms with Crippen LogP contribution in [-0.4, -0.2) is 74.6 Å². The van der Waals surface area contributed by atoms with Crippen molar-refractivity contribution in [2.45, 2.75) is 24.0 Å². The molecule has 5 N–H and O–H groups in total. The minimum atomic E-state index is -2.18. The monoisotopic (exact) mass is 332 g/mol. The van der Waals surface area contributed by atoms with Crippen LogP contribution >= 0.6 is 0 Å². The fourth-order valence-corrected chi connectivity index (χ4v) is 2.43. The molecule has 23 heavy (non-hydrogen) atoms. The number of hydrogen-bond acceptors (Lipinski definition) is 9. The summed E-state index contributed by atoms with van der Waals surface area (Å²) in [5, 5.41) is 38.7. The lowest BCUT2D eigenvalue weighted by Gasteiger charge is -2.31. The summed E-state index contributed by atoms with van der Waals surface area (Å²) < 4.78 is 10.2. The van der Waals surface area contributed by atoms with Gasteiger partial charge in [-0.15, -0.1) is 0 Å². The highest BCUT2D eigenvalue weighted by atomic mass is 16.6. The Bertz CT molecular complexity index is 711. The van der Waals surface area contributed by atoms with Crippen molar-refractivity contribution < 1.29 is 34.7 Å². The number of aliphatic hydroxyl groups excluding tert-OH is 4. The highest BCUT2D eigenvalue weighted by Gasteiger charge is 2.55. The molecule has 11 nitrogen and oxygen atoms in total. The van der Waals surface area contributed by atoms with E-state index in [-0.39, 0.29) is 0 Å². The average molecular weight is 332 g/mol. The zero-order chi connectivity index (χ0) is 17.4. The molecule has 0 bridgehead atoms. The first-order valence-electron chi connectivity index (χ1n) is 6.52. The van der Waals surface area contributed by atoms with E-state index in [0.29, 0.717) is 4.57 Å². The molecule has 0 saturated carbocycles. The molecule has 2 heterocycles. The summed E-state index contributed by atoms with van der Waals surface area (Å²) in [7, 11) is 1.02. The molecule has 1 saturated heterocycles. The second kappa shape index (κ2) is 6.22. The minimum absolute atomic E-state index is 0.572. The van der Waals surface area contributed by atoms with E-state index in [1.54, 1.807) is 0 Å². The number of H-pyrrole nitrogens is 1. The first-order valence-corrected chi connectivity index (χ1v) is 6.52. The Hall–Kier alpha value is -2.05. The fraction of sp³-hybridized carbons (Fsp3) is 0.583. The van der Waals surface area contributed by atoms with Gasteiger partial charge in [0.05, 0.1) is 20.3 Å². The van der Waals surface area contributed by atoms with E-state index < -0.39 is 60.0 Å². The van der Waals surface area contributed by atoms with Crippen LogP contribution in [0, 0.1) is 0 Å². The van der Waals surface area contributed by atoms with E-state index in [4.69, 9.17) is 9.84 Å². The van der Waals surface area contributed by atoms with Crippen molar-refractivity contribution in [3.05, 3.63) is 32.6 Å². The van der Waals surface area contributed by atoms with Gasteiger partial charge >= 0.3 is 11.7 Å². The van der Waals surface area contributed by atoms with Gasteiger partial charge in [-0.1, -0.05) is 0 Å². The molecule has 0 spiro atoms. The van der Waals surface area contributed by atoms with Gasteiger partial charge in [0.2, 0.25) is 5.72 Å². The Morgan fingerprint density at radius 1 is 1.43 bits per heavy atom. The minimum Gasteiger partial charge on any atom is -0.465 e. The van der Waals surface area contributed by atoms with E-state index in [9.17, 15) is 29.7 Å². The van der Waals surface area contributed by atoms with Gasteiger partial charge in [0.1, 0.15) is 23.9 Å². The predicted molar refractivity (Wildman–Crippen MR) is 71.7 cm³/mol. The van der Waals surface area contributed by atoms with E-state index in [1.807, 2.05) is 4.98 Å². The zero-order valence-electron chi connectivity index (χ0n) is 12.0. The summed E-state index contributed by atoms with van der Waals surface area (Å²) in [5.74, 6) is -1.06. The number of hydrogen-bond donors (Lipinski definition) is 5. The summed E-state index contributed by atoms with van der Waals surface area (Å²) >= 11 is 0. The number of methoxy groups -OCH3 is 1. The summed E-state index contributed by atoms with van der Waals surface area (Å²) in [6.07, 6.45) is -3.94. The van der Waals surface area contributed by atoms with Crippen molar-refractivity contribution >= 4 is 5.97 Å². The van der Waals surface area contributed by atoms with Crippen LogP contribution in [0.4, 0.5) is 0 Å². The Morgan fingerprint density at radius 3 is 2.57 bits per heavy atom. The lowest BCUT2D eigenvalue weighted by atomic mass is 10.0. The second-order valence-electron chi connectivity index (χ2n) is 4.94. The molecule has 1 aliphatic heterocycles. The SMILES string of the molecule is COC(=O)c1cn([C@]2(CO)O[C@H](CO)[C@@H](O)[C@H]2O)c(=O)[nH]c1=O. The number of carbonyl (C=O) groups excluding carboxylic acids is 1. The van der Waals surface area contributed by atoms with Gasteiger partial charge in [-0.05, 0) is 0 Å². The van der Waals surface area contributed by atoms with Crippen LogP contribution in [-0.2, 0) is 15.2 Å². The van der Waals surface area contributed by atoms with E-state index in [2.05, 4.69) is 4.74 Å². The molecule has 0 aliphatic carbocycles. The fourth-order valence-electron chi connectivity index (χ4n) is 2.43. The highest BCUT2D eigenvalue weighted by molar-refractivity contribution is 5.88. The van der Waals surface area contributed by atoms with Crippen LogP contribution in [0.15, 0.2) is 15.8 Å². The Morgan fingerprint density at radius 2 is 2.09 bits per heavy atom. The number of aromatic nitrogens is 2. The number of rotatable bonds is 4. The Labute approximate surface area is 128 Å². The number of aromatic amines is 1. The second-order valence-corrected chi connectivity index (χ2v) is 4.94. The van der Waals surface area contributed by atoms with Gasteiger partial charge in [-0.3, -0.25) is 14.3 Å². The van der Waals surface area contributed by atoms with Gasteiger partial charge < -0.3 is 29.9 Å². The summed E-state index contributed by atoms with van der Waals surface area (Å²) in [6, 6.07) is 0. The van der Waals surface area contributed by atoms with Gasteiger partial charge in [0, 0.05) is 6.20 Å². The first kappa shape index (κ1) is 17.3. The maximum absolute atomic E-state index is 12.0. The van der Waals surface area contributed by atoms with E-state index in [1.165, 1.54) is 0 Å². The van der Waals surface area contributed by atoms with Crippen molar-refractivity contribution in [3.63, 3.8) is 0 Å². The molecule has 0 unspecified atom stereocenters. The third-order valence-corrected chi connectivity index (χ3v) is 3.68. The predicted octanol–water partition coefficient (Wildman–Crippen LogP) is -3.92. The standard InChI is InChI=1S/C12H16N2O9/c1-22-10(20)5-2-14(11(21)13-9(5)19)12(4-16)8(18)7(17)6(3-15)23-12/h2,6-8,15-18H,3-4H2,1H3,(H,13,19,21)/t6-,7-,8-,12-/m1/s1. The zero-order valence-corrected chi connectivity index (χ0v) is 12.0. The number of nitrogens with zero attached hydrogens (tertiary/aromatic N) is 1. The number of ether oxygens (including phenoxy) is 2. The number of nitrogens with one attached hydrogen (secondary N) is 1. The molecule has 11 heteroatoms. The van der Waals surface area contributed by atoms with Crippen LogP contribution < -0.4 is 11.2 Å². The smallest absolute Gasteiger partial charge is 0.345 e. The largest absolute Gasteiger partial charge is 0.465 e. The first-order chi connectivity index (χ1) is 10.8. The Balaban J connectivity index is 2.66. The van der Waals surface area contributed by atoms with Crippen molar-refractivity contribution in [3.8, 4) is 0 Å². The maximum atomic E-state index is 12.0. The number of aliphatic hydroxyl groups is 4. The van der Waals surface area contributed by atoms with Crippen molar-refractivity contribution in [2.75, 3.05) is 20.3 Å². The number of esters is 1. The molecule has 1 aromatic rings. The molecular weight excluding hydrogens is 316 g/mol. The topological polar surface area (TPSA) is 171 Å². The van der Waals surface area contributed by atoms with E-state index >= 15 is 0 Å². The normalized spacial score (nSPS) is 30.4. The molecule has 2 rings (SSSR count). The molecule has 0 radical (unpaired) electrons. The molecular formula is C12H16N2O9. The highest BCUT2D eigenvalue weighted by Crippen LogP contribution is 2.34. The third-order valence-electron chi connectivity index (χ3n) is 3.68. The van der Waals surface area contributed by atoms with Crippen LogP contribution in [0.25, 0.3) is 0 Å². The molecule has 1 fully saturated rings. The van der Waals surface area contributed by atoms with Crippen LogP contribution in [0.3, 0.4) is 0 Å². The molecule has 1 aromatic heterocycles. The molecule has 1 aliphatic rings. The van der Waals surface area contributed by atoms with Crippen LogP contribution in [0.5, 0.6) is 0 Å². The quantitative estimate of drug-likeness (QED) is 0.345. The summed E-state index contributed by atoms with van der Waals surface area (Å²) in [6.45, 7) is -1.67. The molecule has 128 valence electrons. The van der Waals surface area contributed by atoms with Crippen LogP contribution in [0.1, 0.15) is 10.4 Å². The summed E-state index contributed by atoms with van der Waals surface area (Å²) in [4.78, 5) is 37.0. The molecule has 0 amide bonds. The van der Waals surface area contributed by atoms with E-state index in [0.717, 1.165) is 13.3 Å². The van der Waals surface area contributed by atoms with Crippen LogP contribution in [0.2, 0.25) is 0 Å². The third kappa shape index (κ3) is 2.58. The molecule has 4 atom stereocenters. The van der Waals surface area contributed by atoms with Crippen molar-refractivity contribution in [1.82, 2.24) is 9.55 Å². The number of carbonyl (C=O) groups is 1. The Kier molecular flexibility index (Phi) is 4.68.